The van der Waals surface area contributed by atoms with Crippen LogP contribution in [0.1, 0.15) is 6.23 Å². The number of aliphatic hydroxyl groups is 2. The summed E-state index contributed by atoms with van der Waals surface area (Å²) < 4.78 is 64.7. The van der Waals surface area contributed by atoms with Gasteiger partial charge in [0.25, 0.3) is 0 Å². The number of hydrogen-bond donors (Lipinski definition) is 8. The number of phosphoric acid groups is 2. The van der Waals surface area contributed by atoms with Gasteiger partial charge in [-0.3, -0.25) is 18.2 Å². The van der Waals surface area contributed by atoms with E-state index in [4.69, 9.17) is 20.3 Å². The van der Waals surface area contributed by atoms with Gasteiger partial charge in [-0.25, -0.2) is 32.7 Å². The summed E-state index contributed by atoms with van der Waals surface area (Å²) >= 11 is 0. The van der Waals surface area contributed by atoms with Gasteiger partial charge < -0.3 is 45.2 Å². The Bertz CT molecular complexity index is 1280. The van der Waals surface area contributed by atoms with Crippen LogP contribution in [0, 0.1) is 0 Å². The van der Waals surface area contributed by atoms with Gasteiger partial charge in [0, 0.05) is 0 Å². The summed E-state index contributed by atoms with van der Waals surface area (Å²) in [7, 11) is -22.0. The Kier molecular flexibility index (Phi) is 8.07. The third-order valence-corrected chi connectivity index (χ3v) is 11.3. The largest absolute Gasteiger partial charge is 0.479 e. The minimum atomic E-state index is -5.56. The highest BCUT2D eigenvalue weighted by Crippen LogP contribution is 2.69. The number of anilines is 1. The van der Waals surface area contributed by atoms with Gasteiger partial charge in [-0.05, 0) is 0 Å². The van der Waals surface area contributed by atoms with E-state index in [1.54, 1.807) is 0 Å². The summed E-state index contributed by atoms with van der Waals surface area (Å²) in [6.07, 6.45) is -3.90. The third-order valence-electron chi connectivity index (χ3n) is 4.22. The van der Waals surface area contributed by atoms with Crippen LogP contribution in [0.5, 0.6) is 0 Å². The zero-order valence-electron chi connectivity index (χ0n) is 16.9. The molecule has 1 aliphatic rings. The summed E-state index contributed by atoms with van der Waals surface area (Å²) in [6, 6.07) is 0. The fraction of sp³-hybridized carbons (Fsp3) is 0.545. The number of ether oxygens (including phenoxy) is 1. The van der Waals surface area contributed by atoms with Crippen LogP contribution >= 0.6 is 30.8 Å². The zero-order chi connectivity index (χ0) is 26.4. The van der Waals surface area contributed by atoms with Crippen molar-refractivity contribution in [3.05, 3.63) is 12.7 Å². The van der Waals surface area contributed by atoms with Gasteiger partial charge in [0.1, 0.15) is 30.2 Å². The molecule has 0 radical (unpaired) electrons. The molecule has 0 aromatic carbocycles. The van der Waals surface area contributed by atoms with Crippen LogP contribution < -0.4 is 5.73 Å². The Labute approximate surface area is 194 Å². The maximum absolute atomic E-state index is 12.0. The molecule has 7 atom stereocenters. The van der Waals surface area contributed by atoms with Crippen molar-refractivity contribution in [2.24, 2.45) is 0 Å². The maximum Gasteiger partial charge on any atom is 0.479 e. The number of nitrogens with zero attached hydrogens (tertiary/aromatic N) is 4. The molecule has 2 aromatic heterocycles. The average Bonchev–Trinajstić information content (AvgIpc) is 3.19. The van der Waals surface area contributed by atoms with Gasteiger partial charge in [-0.1, -0.05) is 0 Å². The fourth-order valence-corrected chi connectivity index (χ4v) is 9.24. The van der Waals surface area contributed by atoms with Gasteiger partial charge in [-0.15, -0.1) is 0 Å². The lowest BCUT2D eigenvalue weighted by molar-refractivity contribution is -0.0501. The number of phosphoric ester groups is 1. The van der Waals surface area contributed by atoms with Gasteiger partial charge in [-0.2, -0.15) is 0 Å². The first-order valence-electron chi connectivity index (χ1n) is 8.93. The topological polar surface area (TPSA) is 316 Å². The highest BCUT2D eigenvalue weighted by molar-refractivity contribution is 7.76. The molecule has 1 aliphatic heterocycles. The molecule has 0 aliphatic carbocycles. The molecular formula is C11H19N5O15P4. The highest BCUT2D eigenvalue weighted by atomic mass is 31.3. The molecule has 9 N–H and O–H groups in total. The average molecular weight is 585 g/mol. The first-order valence-corrected chi connectivity index (χ1v) is 15.5. The molecule has 198 valence electrons. The second-order valence-electron chi connectivity index (χ2n) is 6.96. The molecular weight excluding hydrogens is 566 g/mol. The van der Waals surface area contributed by atoms with Crippen LogP contribution in [0.4, 0.5) is 5.82 Å². The SMILES string of the molecule is Nc1ncnc2c1ncn2[C@@H]1O[C@H](COP(=O)(O)OP(=O)(O)CP(=O)(O)OP(=O)(O)O)[C@@H](O)[C@H]1O. The van der Waals surface area contributed by atoms with E-state index in [9.17, 15) is 43.2 Å². The standard InChI is InChI=1S/C11H19N5O15P4/c12-9-6-10(14-2-13-9)16(3-15-6)11-8(18)7(17)5(29-11)1-28-35(26,27)31-33(21,22)4-32(19,20)30-34(23,24)25/h2-3,5,7-8,11,17-18H,1,4H2,(H,19,20)(H,21,22)(H,26,27)(H2,12,13,14)(H2,23,24,25)/t5-,7-,8-,11-/m1/s1. The van der Waals surface area contributed by atoms with E-state index >= 15 is 0 Å². The molecule has 3 rings (SSSR count). The quantitative estimate of drug-likeness (QED) is 0.149. The van der Waals surface area contributed by atoms with E-state index in [0.29, 0.717) is 0 Å². The molecule has 0 saturated carbocycles. The smallest absolute Gasteiger partial charge is 0.387 e. The molecule has 24 heteroatoms. The lowest BCUT2D eigenvalue weighted by Gasteiger charge is -2.20. The fourth-order valence-electron chi connectivity index (χ4n) is 2.95. The molecule has 35 heavy (non-hydrogen) atoms. The van der Waals surface area contributed by atoms with Crippen LogP contribution in [-0.2, 0) is 36.1 Å². The van der Waals surface area contributed by atoms with Crippen molar-refractivity contribution in [3.8, 4) is 0 Å². The number of imidazole rings is 1. The number of aromatic nitrogens is 4. The van der Waals surface area contributed by atoms with E-state index in [0.717, 1.165) is 6.33 Å². The molecule has 3 unspecified atom stereocenters. The minimum Gasteiger partial charge on any atom is -0.387 e. The van der Waals surface area contributed by atoms with Crippen molar-refractivity contribution in [2.45, 2.75) is 24.5 Å². The Morgan fingerprint density at radius 2 is 1.60 bits per heavy atom. The number of fused-ring (bicyclic) bond motifs is 1. The lowest BCUT2D eigenvalue weighted by Crippen LogP contribution is -2.33. The first-order chi connectivity index (χ1) is 15.9. The van der Waals surface area contributed by atoms with Crippen molar-refractivity contribution in [1.82, 2.24) is 19.5 Å². The van der Waals surface area contributed by atoms with Gasteiger partial charge in [0.05, 0.1) is 12.9 Å². The van der Waals surface area contributed by atoms with Gasteiger partial charge >= 0.3 is 30.8 Å². The van der Waals surface area contributed by atoms with Crippen LogP contribution in [0.15, 0.2) is 12.7 Å². The van der Waals surface area contributed by atoms with E-state index in [-0.39, 0.29) is 17.0 Å². The van der Waals surface area contributed by atoms with E-state index in [1.165, 1.54) is 10.9 Å². The molecule has 0 amide bonds. The molecule has 1 saturated heterocycles. The normalized spacial score (nSPS) is 28.4. The molecule has 2 aromatic rings. The van der Waals surface area contributed by atoms with Crippen molar-refractivity contribution < 1.29 is 70.8 Å². The molecule has 0 bridgehead atoms. The highest BCUT2D eigenvalue weighted by Gasteiger charge is 2.47. The zero-order valence-corrected chi connectivity index (χ0v) is 20.5. The number of hydrogen-bond acceptors (Lipinski definition) is 14. The van der Waals surface area contributed by atoms with Crippen LogP contribution in [0.2, 0.25) is 0 Å². The number of aliphatic hydroxyl groups excluding tert-OH is 2. The van der Waals surface area contributed by atoms with Gasteiger partial charge in [0.15, 0.2) is 23.6 Å². The minimum absolute atomic E-state index is 0.0205. The van der Waals surface area contributed by atoms with E-state index in [1.807, 2.05) is 0 Å². The van der Waals surface area contributed by atoms with Crippen molar-refractivity contribution in [2.75, 3.05) is 18.2 Å². The van der Waals surface area contributed by atoms with Crippen molar-refractivity contribution in [3.63, 3.8) is 0 Å². The maximum atomic E-state index is 12.0. The molecule has 1 fully saturated rings. The monoisotopic (exact) mass is 585 g/mol. The Morgan fingerprint density at radius 1 is 0.971 bits per heavy atom. The Morgan fingerprint density at radius 3 is 2.23 bits per heavy atom. The summed E-state index contributed by atoms with van der Waals surface area (Å²) in [5.74, 6) is -1.95. The van der Waals surface area contributed by atoms with Crippen molar-refractivity contribution >= 4 is 47.8 Å². The second-order valence-corrected chi connectivity index (χ2v) is 14.1. The molecule has 0 spiro atoms. The van der Waals surface area contributed by atoms with Crippen molar-refractivity contribution in [1.29, 1.82) is 0 Å². The number of nitrogens with two attached hydrogens (primary N) is 1. The Hall–Kier alpha value is -1.17. The Balaban J connectivity index is 1.65. The lowest BCUT2D eigenvalue weighted by atomic mass is 10.1. The predicted octanol–water partition coefficient (Wildman–Crippen LogP) is -1.40. The summed E-state index contributed by atoms with van der Waals surface area (Å²) in [6.45, 7) is -0.998. The second kappa shape index (κ2) is 9.95. The third kappa shape index (κ3) is 7.20. The summed E-state index contributed by atoms with van der Waals surface area (Å²) in [4.78, 5) is 57.2. The summed E-state index contributed by atoms with van der Waals surface area (Å²) in [5, 5.41) is 20.5. The molecule has 3 heterocycles. The first kappa shape index (κ1) is 28.4. The summed E-state index contributed by atoms with van der Waals surface area (Å²) in [5.41, 5.74) is 5.96. The van der Waals surface area contributed by atoms with Crippen LogP contribution in [0.3, 0.4) is 0 Å². The number of rotatable bonds is 10. The van der Waals surface area contributed by atoms with Gasteiger partial charge in [0.2, 0.25) is 0 Å². The van der Waals surface area contributed by atoms with E-state index in [2.05, 4.69) is 28.1 Å². The number of nitrogen functional groups attached to an aromatic ring is 1. The van der Waals surface area contributed by atoms with Crippen LogP contribution in [0.25, 0.3) is 11.2 Å². The van der Waals surface area contributed by atoms with E-state index < -0.39 is 67.9 Å². The van der Waals surface area contributed by atoms with Crippen LogP contribution in [-0.4, -0.2) is 85.0 Å². The predicted molar refractivity (Wildman–Crippen MR) is 110 cm³/mol. The molecule has 20 nitrogen and oxygen atoms in total.